The molecule has 0 spiro atoms. The van der Waals surface area contributed by atoms with Crippen molar-refractivity contribution >= 4 is 65.1 Å². The zero-order valence-corrected chi connectivity index (χ0v) is 37.1. The predicted molar refractivity (Wildman–Crippen MR) is 227 cm³/mol. The van der Waals surface area contributed by atoms with Crippen molar-refractivity contribution in [1.29, 1.82) is 0 Å². The molecule has 3 N–H and O–H groups in total. The summed E-state index contributed by atoms with van der Waals surface area (Å²) in [6.07, 6.45) is -0.218. The first-order chi connectivity index (χ1) is 30.5. The van der Waals surface area contributed by atoms with Crippen LogP contribution in [0.1, 0.15) is 109 Å². The van der Waals surface area contributed by atoms with Crippen LogP contribution in [0.15, 0.2) is 36.4 Å². The second-order valence-electron chi connectivity index (χ2n) is 18.0. The third-order valence-corrected chi connectivity index (χ3v) is 10.9. The zero-order chi connectivity index (χ0) is 47.5. The maximum atomic E-state index is 13.2. The molecule has 0 saturated carbocycles. The number of anilines is 1. The van der Waals surface area contributed by atoms with Crippen molar-refractivity contribution in [3.8, 4) is 0 Å². The van der Waals surface area contributed by atoms with Gasteiger partial charge in [0, 0.05) is 70.9 Å². The molecule has 4 fully saturated rings. The molecule has 21 heteroatoms. The molecule has 2 atom stereocenters. The average molecular weight is 905 g/mol. The van der Waals surface area contributed by atoms with Crippen LogP contribution >= 0.6 is 0 Å². The number of amides is 10. The molecule has 8 rings (SSSR count). The molecule has 348 valence electrons. The van der Waals surface area contributed by atoms with Crippen molar-refractivity contribution in [3.05, 3.63) is 64.5 Å². The number of carbonyl (C=O) groups excluding carboxylic acids is 10. The van der Waals surface area contributed by atoms with Crippen molar-refractivity contribution in [2.45, 2.75) is 90.5 Å². The van der Waals surface area contributed by atoms with Gasteiger partial charge in [-0.25, -0.2) is 14.0 Å². The summed E-state index contributed by atoms with van der Waals surface area (Å²) < 4.78 is 23.8. The molecular formula is C44H53FN8O12. The standard InChI is InChI=1S/C22H26N4O6.C13H9FN2O4.C9H18N2O2/c1-22(2,3)32-21(31)25-10-8-24(9-11-25)13-4-5-14-15(12-13)20(30)26(19(14)29)16-6-7-17(27)23-18(16)28;14-6-1-2-7-8(5-6)13(20)16(12(7)19)9-3-4-10(17)15-11(9)18;1-9(2,3)13-8(12)11-6-4-10-5-7-11/h4-5,12,16H,6-11H2,1-3H3,(H,23,27,28);1-2,5,9H,3-4H2,(H,15,17,18);10H,4-7H2,1-3H3. The van der Waals surface area contributed by atoms with Gasteiger partial charge in [0.05, 0.1) is 22.3 Å². The fourth-order valence-electron chi connectivity index (χ4n) is 7.75. The number of hydrogen-bond donors (Lipinski definition) is 3. The molecule has 6 aliphatic rings. The smallest absolute Gasteiger partial charge is 0.410 e. The maximum absolute atomic E-state index is 13.2. The Bertz CT molecular complexity index is 2310. The van der Waals surface area contributed by atoms with Crippen molar-refractivity contribution in [1.82, 2.24) is 35.6 Å². The highest BCUT2D eigenvalue weighted by molar-refractivity contribution is 6.24. The first-order valence-electron chi connectivity index (χ1n) is 21.3. The summed E-state index contributed by atoms with van der Waals surface area (Å²) in [6.45, 7) is 16.4. The van der Waals surface area contributed by atoms with Gasteiger partial charge in [-0.05, 0) is 90.8 Å². The molecule has 4 saturated heterocycles. The summed E-state index contributed by atoms with van der Waals surface area (Å²) in [6, 6.07) is 6.28. The summed E-state index contributed by atoms with van der Waals surface area (Å²) in [4.78, 5) is 128. The molecule has 10 amide bonds. The van der Waals surface area contributed by atoms with Gasteiger partial charge in [0.25, 0.3) is 23.6 Å². The average Bonchev–Trinajstić information content (AvgIpc) is 3.63. The van der Waals surface area contributed by atoms with E-state index in [2.05, 4.69) is 16.0 Å². The Morgan fingerprint density at radius 3 is 1.43 bits per heavy atom. The Hall–Kier alpha value is -6.77. The molecule has 0 aliphatic carbocycles. The normalized spacial score (nSPS) is 21.1. The van der Waals surface area contributed by atoms with E-state index in [1.807, 2.05) is 46.4 Å². The van der Waals surface area contributed by atoms with Crippen LogP contribution in [-0.4, -0.2) is 155 Å². The van der Waals surface area contributed by atoms with E-state index in [-0.39, 0.29) is 65.7 Å². The molecule has 2 aromatic rings. The van der Waals surface area contributed by atoms with Crippen LogP contribution < -0.4 is 20.9 Å². The van der Waals surface area contributed by atoms with Gasteiger partial charge < -0.3 is 29.5 Å². The van der Waals surface area contributed by atoms with E-state index in [0.717, 1.165) is 53.8 Å². The molecular weight excluding hydrogens is 852 g/mol. The molecule has 20 nitrogen and oxygen atoms in total. The topological polar surface area (TPSA) is 241 Å². The number of piperazine rings is 2. The Morgan fingerprint density at radius 2 is 0.985 bits per heavy atom. The largest absolute Gasteiger partial charge is 0.444 e. The van der Waals surface area contributed by atoms with Crippen molar-refractivity contribution in [2.24, 2.45) is 0 Å². The number of fused-ring (bicyclic) bond motifs is 2. The van der Waals surface area contributed by atoms with Crippen LogP contribution in [-0.2, 0) is 28.7 Å². The van der Waals surface area contributed by atoms with Gasteiger partial charge in [0.2, 0.25) is 23.6 Å². The number of hydrogen-bond acceptors (Lipinski definition) is 14. The van der Waals surface area contributed by atoms with E-state index in [9.17, 15) is 52.3 Å². The lowest BCUT2D eigenvalue weighted by molar-refractivity contribution is -0.137. The van der Waals surface area contributed by atoms with E-state index < -0.39 is 70.8 Å². The number of carbonyl (C=O) groups is 10. The Kier molecular flexibility index (Phi) is 14.0. The third-order valence-electron chi connectivity index (χ3n) is 10.9. The minimum Gasteiger partial charge on any atom is -0.444 e. The second-order valence-corrected chi connectivity index (χ2v) is 18.0. The lowest BCUT2D eigenvalue weighted by Crippen LogP contribution is -2.54. The molecule has 65 heavy (non-hydrogen) atoms. The molecule has 6 aliphatic heterocycles. The highest BCUT2D eigenvalue weighted by atomic mass is 19.1. The number of nitrogens with one attached hydrogen (secondary N) is 3. The number of nitrogens with zero attached hydrogens (tertiary/aromatic N) is 5. The lowest BCUT2D eigenvalue weighted by Gasteiger charge is -2.36. The minimum atomic E-state index is -1.02. The number of ether oxygens (including phenoxy) is 2. The van der Waals surface area contributed by atoms with E-state index in [0.29, 0.717) is 26.2 Å². The molecule has 0 bridgehead atoms. The van der Waals surface area contributed by atoms with E-state index in [1.165, 1.54) is 6.07 Å². The zero-order valence-electron chi connectivity index (χ0n) is 37.1. The highest BCUT2D eigenvalue weighted by Gasteiger charge is 2.46. The van der Waals surface area contributed by atoms with Crippen molar-refractivity contribution in [2.75, 3.05) is 57.3 Å². The second kappa shape index (κ2) is 19.1. The van der Waals surface area contributed by atoms with Gasteiger partial charge in [-0.1, -0.05) is 0 Å². The Morgan fingerprint density at radius 1 is 0.569 bits per heavy atom. The number of halogens is 1. The van der Waals surface area contributed by atoms with Crippen LogP contribution in [0.2, 0.25) is 0 Å². The van der Waals surface area contributed by atoms with E-state index in [4.69, 9.17) is 9.47 Å². The number of rotatable bonds is 3. The van der Waals surface area contributed by atoms with Crippen molar-refractivity contribution < 1.29 is 61.8 Å². The van der Waals surface area contributed by atoms with Gasteiger partial charge >= 0.3 is 12.2 Å². The number of piperidine rings is 2. The molecule has 2 unspecified atom stereocenters. The monoisotopic (exact) mass is 904 g/mol. The van der Waals surface area contributed by atoms with Gasteiger partial charge in [-0.15, -0.1) is 0 Å². The van der Waals surface area contributed by atoms with Crippen LogP contribution in [0.25, 0.3) is 0 Å². The van der Waals surface area contributed by atoms with Gasteiger partial charge in [0.1, 0.15) is 29.1 Å². The first kappa shape index (κ1) is 47.7. The van der Waals surface area contributed by atoms with Gasteiger partial charge in [0.15, 0.2) is 0 Å². The minimum absolute atomic E-state index is 0.0537. The maximum Gasteiger partial charge on any atom is 0.410 e. The Balaban J connectivity index is 0.000000180. The van der Waals surface area contributed by atoms with E-state index >= 15 is 0 Å². The summed E-state index contributed by atoms with van der Waals surface area (Å²) in [5, 5.41) is 7.46. The first-order valence-corrected chi connectivity index (χ1v) is 21.3. The fraction of sp³-hybridized carbons (Fsp3) is 0.500. The van der Waals surface area contributed by atoms with Crippen LogP contribution in [0.4, 0.5) is 19.7 Å². The molecule has 2 aromatic carbocycles. The highest BCUT2D eigenvalue weighted by Crippen LogP contribution is 2.32. The Labute approximate surface area is 374 Å². The van der Waals surface area contributed by atoms with Gasteiger partial charge in [-0.2, -0.15) is 0 Å². The van der Waals surface area contributed by atoms with E-state index in [1.54, 1.807) is 28.0 Å². The molecule has 0 radical (unpaired) electrons. The third kappa shape index (κ3) is 11.1. The fourth-order valence-corrected chi connectivity index (χ4v) is 7.75. The molecule has 6 heterocycles. The van der Waals surface area contributed by atoms with Crippen LogP contribution in [0.5, 0.6) is 0 Å². The number of benzene rings is 2. The number of imide groups is 4. The summed E-state index contributed by atoms with van der Waals surface area (Å²) in [5.74, 6) is -5.20. The van der Waals surface area contributed by atoms with Gasteiger partial charge in [-0.3, -0.25) is 58.8 Å². The van der Waals surface area contributed by atoms with Crippen LogP contribution in [0, 0.1) is 5.82 Å². The molecule has 0 aromatic heterocycles. The quantitative estimate of drug-likeness (QED) is 0.375. The summed E-state index contributed by atoms with van der Waals surface area (Å²) >= 11 is 0. The van der Waals surface area contributed by atoms with Crippen LogP contribution in [0.3, 0.4) is 0 Å². The summed E-state index contributed by atoms with van der Waals surface area (Å²) in [5.41, 5.74) is 0.319. The SMILES string of the molecule is CC(C)(C)OC(=O)N1CCN(c2ccc3c(c2)C(=O)N(C2CCC(=O)NC2=O)C3=O)CC1.CC(C)(C)OC(=O)N1CCNCC1.O=C1CCC(N2C(=O)c3ccc(F)cc3C2=O)C(=O)N1. The predicted octanol–water partition coefficient (Wildman–Crippen LogP) is 2.20. The lowest BCUT2D eigenvalue weighted by atomic mass is 10.0. The summed E-state index contributed by atoms with van der Waals surface area (Å²) in [7, 11) is 0. The van der Waals surface area contributed by atoms with Crippen molar-refractivity contribution in [3.63, 3.8) is 0 Å².